The Kier molecular flexibility index (Phi) is 2.84. The van der Waals surface area contributed by atoms with Crippen LogP contribution in [0.25, 0.3) is 5.57 Å². The molecule has 0 bridgehead atoms. The van der Waals surface area contributed by atoms with E-state index in [9.17, 15) is 0 Å². The first-order valence-corrected chi connectivity index (χ1v) is 6.80. The molecule has 1 heterocycles. The Morgan fingerprint density at radius 1 is 1.18 bits per heavy atom. The summed E-state index contributed by atoms with van der Waals surface area (Å²) in [6.45, 7) is 0. The van der Waals surface area contributed by atoms with Gasteiger partial charge in [0.1, 0.15) is 4.60 Å². The molecule has 17 heavy (non-hydrogen) atoms. The highest BCUT2D eigenvalue weighted by Crippen LogP contribution is 2.31. The van der Waals surface area contributed by atoms with Gasteiger partial charge >= 0.3 is 0 Å². The SMILES string of the molecule is Brc1cccc(C2=CCc3ncc(Br)nc32)c1. The van der Waals surface area contributed by atoms with E-state index in [1.54, 1.807) is 6.20 Å². The third-order valence-electron chi connectivity index (χ3n) is 2.71. The van der Waals surface area contributed by atoms with Crippen LogP contribution in [-0.2, 0) is 6.42 Å². The van der Waals surface area contributed by atoms with E-state index in [1.807, 2.05) is 12.1 Å². The van der Waals surface area contributed by atoms with Crippen molar-refractivity contribution in [2.75, 3.05) is 0 Å². The van der Waals surface area contributed by atoms with Crippen molar-refractivity contribution in [2.24, 2.45) is 0 Å². The van der Waals surface area contributed by atoms with E-state index in [-0.39, 0.29) is 0 Å². The normalized spacial score (nSPS) is 13.4. The molecule has 0 saturated carbocycles. The standard InChI is InChI=1S/C13H8Br2N2/c14-9-3-1-2-8(6-9)10-4-5-11-13(10)17-12(15)7-16-11/h1-4,6-7H,5H2. The van der Waals surface area contributed by atoms with Gasteiger partial charge in [-0.3, -0.25) is 4.98 Å². The first-order valence-electron chi connectivity index (χ1n) is 5.22. The number of allylic oxidation sites excluding steroid dienone is 1. The fourth-order valence-corrected chi connectivity index (χ4v) is 2.64. The van der Waals surface area contributed by atoms with Crippen molar-refractivity contribution in [2.45, 2.75) is 6.42 Å². The highest BCUT2D eigenvalue weighted by Gasteiger charge is 2.18. The summed E-state index contributed by atoms with van der Waals surface area (Å²) in [7, 11) is 0. The summed E-state index contributed by atoms with van der Waals surface area (Å²) in [5, 5.41) is 0. The van der Waals surface area contributed by atoms with Crippen molar-refractivity contribution < 1.29 is 0 Å². The molecule has 1 aliphatic rings. The van der Waals surface area contributed by atoms with Gasteiger partial charge in [0.15, 0.2) is 0 Å². The van der Waals surface area contributed by atoms with E-state index in [0.29, 0.717) is 0 Å². The van der Waals surface area contributed by atoms with Crippen LogP contribution in [0.5, 0.6) is 0 Å². The first kappa shape index (κ1) is 11.1. The van der Waals surface area contributed by atoms with Gasteiger partial charge in [0, 0.05) is 16.5 Å². The van der Waals surface area contributed by atoms with Gasteiger partial charge in [-0.1, -0.05) is 34.1 Å². The zero-order valence-corrected chi connectivity index (χ0v) is 12.0. The lowest BCUT2D eigenvalue weighted by molar-refractivity contribution is 1.05. The average Bonchev–Trinajstić information content (AvgIpc) is 2.71. The zero-order chi connectivity index (χ0) is 11.8. The molecule has 0 radical (unpaired) electrons. The molecular weight excluding hydrogens is 344 g/mol. The van der Waals surface area contributed by atoms with Crippen molar-refractivity contribution in [1.82, 2.24) is 9.97 Å². The number of hydrogen-bond acceptors (Lipinski definition) is 2. The van der Waals surface area contributed by atoms with Crippen LogP contribution in [0.15, 0.2) is 45.6 Å². The second kappa shape index (κ2) is 4.35. The molecule has 0 N–H and O–H groups in total. The second-order valence-electron chi connectivity index (χ2n) is 3.82. The van der Waals surface area contributed by atoms with Crippen LogP contribution >= 0.6 is 31.9 Å². The van der Waals surface area contributed by atoms with Crippen LogP contribution in [0.4, 0.5) is 0 Å². The summed E-state index contributed by atoms with van der Waals surface area (Å²) in [5.41, 5.74) is 4.36. The fraction of sp³-hybridized carbons (Fsp3) is 0.0769. The van der Waals surface area contributed by atoms with Crippen molar-refractivity contribution in [1.29, 1.82) is 0 Å². The number of benzene rings is 1. The molecule has 0 fully saturated rings. The first-order chi connectivity index (χ1) is 8.24. The van der Waals surface area contributed by atoms with E-state index in [2.05, 4.69) is 60.0 Å². The van der Waals surface area contributed by atoms with Gasteiger partial charge in [-0.05, 0) is 33.6 Å². The monoisotopic (exact) mass is 350 g/mol. The fourth-order valence-electron chi connectivity index (χ4n) is 1.96. The number of hydrogen-bond donors (Lipinski definition) is 0. The zero-order valence-electron chi connectivity index (χ0n) is 8.82. The van der Waals surface area contributed by atoms with Gasteiger partial charge in [-0.25, -0.2) is 4.98 Å². The summed E-state index contributed by atoms with van der Waals surface area (Å²) in [4.78, 5) is 8.90. The number of rotatable bonds is 1. The molecule has 1 aliphatic carbocycles. The molecule has 0 saturated heterocycles. The quantitative estimate of drug-likeness (QED) is 0.776. The third kappa shape index (κ3) is 2.07. The van der Waals surface area contributed by atoms with Gasteiger partial charge in [-0.2, -0.15) is 0 Å². The van der Waals surface area contributed by atoms with Crippen molar-refractivity contribution in [3.8, 4) is 0 Å². The molecule has 0 unspecified atom stereocenters. The molecule has 84 valence electrons. The minimum absolute atomic E-state index is 0.777. The average molecular weight is 352 g/mol. The lowest BCUT2D eigenvalue weighted by Gasteiger charge is -2.05. The van der Waals surface area contributed by atoms with Crippen molar-refractivity contribution in [3.63, 3.8) is 0 Å². The van der Waals surface area contributed by atoms with Crippen LogP contribution in [0.1, 0.15) is 17.0 Å². The maximum atomic E-state index is 4.51. The minimum Gasteiger partial charge on any atom is -0.256 e. The number of halogens is 2. The molecule has 1 aromatic heterocycles. The predicted molar refractivity (Wildman–Crippen MR) is 74.7 cm³/mol. The predicted octanol–water partition coefficient (Wildman–Crippen LogP) is 3.99. The molecule has 3 rings (SSSR count). The highest BCUT2D eigenvalue weighted by molar-refractivity contribution is 9.10. The molecule has 0 atom stereocenters. The molecule has 1 aromatic carbocycles. The largest absolute Gasteiger partial charge is 0.256 e. The molecule has 2 aromatic rings. The van der Waals surface area contributed by atoms with Gasteiger partial charge in [0.25, 0.3) is 0 Å². The van der Waals surface area contributed by atoms with Gasteiger partial charge in [0.2, 0.25) is 0 Å². The Balaban J connectivity index is 2.12. The smallest absolute Gasteiger partial charge is 0.125 e. The van der Waals surface area contributed by atoms with E-state index in [0.717, 1.165) is 32.5 Å². The lowest BCUT2D eigenvalue weighted by Crippen LogP contribution is -1.95. The Morgan fingerprint density at radius 3 is 2.88 bits per heavy atom. The Morgan fingerprint density at radius 2 is 2.06 bits per heavy atom. The molecule has 0 amide bonds. The molecular formula is C13H8Br2N2. The summed E-state index contributed by atoms with van der Waals surface area (Å²) >= 11 is 6.86. The van der Waals surface area contributed by atoms with Crippen LogP contribution in [0.3, 0.4) is 0 Å². The molecule has 0 aliphatic heterocycles. The summed E-state index contributed by atoms with van der Waals surface area (Å²) in [6, 6.07) is 8.24. The van der Waals surface area contributed by atoms with E-state index < -0.39 is 0 Å². The van der Waals surface area contributed by atoms with Crippen LogP contribution in [0, 0.1) is 0 Å². The third-order valence-corrected chi connectivity index (χ3v) is 3.58. The number of nitrogens with zero attached hydrogens (tertiary/aromatic N) is 2. The van der Waals surface area contributed by atoms with Crippen LogP contribution < -0.4 is 0 Å². The van der Waals surface area contributed by atoms with Gasteiger partial charge in [-0.15, -0.1) is 0 Å². The number of fused-ring (bicyclic) bond motifs is 1. The highest BCUT2D eigenvalue weighted by atomic mass is 79.9. The number of aromatic nitrogens is 2. The maximum Gasteiger partial charge on any atom is 0.125 e. The summed E-state index contributed by atoms with van der Waals surface area (Å²) in [6.07, 6.45) is 4.78. The van der Waals surface area contributed by atoms with Crippen LogP contribution in [0.2, 0.25) is 0 Å². The second-order valence-corrected chi connectivity index (χ2v) is 5.55. The minimum atomic E-state index is 0.777. The molecule has 4 heteroatoms. The van der Waals surface area contributed by atoms with Crippen molar-refractivity contribution in [3.05, 3.63) is 62.6 Å². The van der Waals surface area contributed by atoms with Gasteiger partial charge in [0.05, 0.1) is 17.6 Å². The van der Waals surface area contributed by atoms with Gasteiger partial charge < -0.3 is 0 Å². The molecule has 0 spiro atoms. The van der Waals surface area contributed by atoms with Crippen LogP contribution in [-0.4, -0.2) is 9.97 Å². The maximum absolute atomic E-state index is 4.51. The summed E-state index contributed by atoms with van der Waals surface area (Å²) in [5.74, 6) is 0. The van der Waals surface area contributed by atoms with E-state index >= 15 is 0 Å². The lowest BCUT2D eigenvalue weighted by atomic mass is 10.1. The van der Waals surface area contributed by atoms with E-state index in [4.69, 9.17) is 0 Å². The summed E-state index contributed by atoms with van der Waals surface area (Å²) < 4.78 is 1.85. The molecule has 2 nitrogen and oxygen atoms in total. The Bertz CT molecular complexity index is 621. The topological polar surface area (TPSA) is 25.8 Å². The Hall–Kier alpha value is -1.00. The Labute approximate surface area is 116 Å². The van der Waals surface area contributed by atoms with E-state index in [1.165, 1.54) is 5.56 Å². The van der Waals surface area contributed by atoms with Crippen molar-refractivity contribution >= 4 is 37.4 Å².